The molecule has 1 amide bonds. The zero-order valence-corrected chi connectivity index (χ0v) is 14.7. The second kappa shape index (κ2) is 6.23. The summed E-state index contributed by atoms with van der Waals surface area (Å²) in [6.45, 7) is 0. The van der Waals surface area contributed by atoms with Gasteiger partial charge in [0.1, 0.15) is 0 Å². The molecule has 0 radical (unpaired) electrons. The van der Waals surface area contributed by atoms with Crippen molar-refractivity contribution >= 4 is 44.5 Å². The molecular weight excluding hydrogens is 356 g/mol. The molecule has 25 heavy (non-hydrogen) atoms. The minimum absolute atomic E-state index is 0.200. The molecule has 0 aliphatic carbocycles. The van der Waals surface area contributed by atoms with E-state index in [9.17, 15) is 9.59 Å². The van der Waals surface area contributed by atoms with Crippen LogP contribution in [0.3, 0.4) is 0 Å². The molecule has 124 valence electrons. The summed E-state index contributed by atoms with van der Waals surface area (Å²) in [5, 5.41) is 12.3. The molecule has 1 aromatic carbocycles. The van der Waals surface area contributed by atoms with Gasteiger partial charge in [-0.3, -0.25) is 14.9 Å². The van der Waals surface area contributed by atoms with Crippen molar-refractivity contribution in [2.45, 2.75) is 0 Å². The lowest BCUT2D eigenvalue weighted by atomic mass is 10.1. The smallest absolute Gasteiger partial charge is 0.278 e. The van der Waals surface area contributed by atoms with Gasteiger partial charge in [0.15, 0.2) is 10.8 Å². The second-order valence-electron chi connectivity index (χ2n) is 5.29. The van der Waals surface area contributed by atoms with Crippen LogP contribution in [-0.4, -0.2) is 20.7 Å². The van der Waals surface area contributed by atoms with E-state index in [2.05, 4.69) is 15.4 Å². The number of fused-ring (bicyclic) bond motifs is 1. The summed E-state index contributed by atoms with van der Waals surface area (Å²) in [7, 11) is 1.53. The van der Waals surface area contributed by atoms with E-state index in [0.29, 0.717) is 15.9 Å². The molecule has 0 saturated carbocycles. The Morgan fingerprint density at radius 2 is 1.92 bits per heavy atom. The highest BCUT2D eigenvalue weighted by molar-refractivity contribution is 7.16. The molecule has 0 saturated heterocycles. The van der Waals surface area contributed by atoms with E-state index in [0.717, 1.165) is 10.6 Å². The van der Waals surface area contributed by atoms with Crippen molar-refractivity contribution in [1.82, 2.24) is 14.8 Å². The van der Waals surface area contributed by atoms with Crippen LogP contribution in [0, 0.1) is 0 Å². The van der Waals surface area contributed by atoms with Crippen LogP contribution in [0.15, 0.2) is 52.0 Å². The zero-order valence-electron chi connectivity index (χ0n) is 13.1. The summed E-state index contributed by atoms with van der Waals surface area (Å²) in [6, 6.07) is 10.9. The van der Waals surface area contributed by atoms with E-state index < -0.39 is 0 Å². The molecule has 0 atom stereocenters. The molecular formula is C17H12N4O2S2. The van der Waals surface area contributed by atoms with Gasteiger partial charge in [0.05, 0.1) is 16.0 Å². The number of aromatic nitrogens is 3. The maximum atomic E-state index is 12.7. The molecule has 0 aliphatic heterocycles. The van der Waals surface area contributed by atoms with Crippen LogP contribution < -0.4 is 10.9 Å². The van der Waals surface area contributed by atoms with Gasteiger partial charge in [-0.05, 0) is 17.5 Å². The Morgan fingerprint density at radius 3 is 2.68 bits per heavy atom. The number of carbonyl (C=O) groups excluding carboxylic acids is 1. The molecule has 0 aliphatic rings. The number of thiophene rings is 1. The van der Waals surface area contributed by atoms with Gasteiger partial charge in [0, 0.05) is 17.8 Å². The average molecular weight is 368 g/mol. The lowest BCUT2D eigenvalue weighted by Gasteiger charge is -2.07. The topological polar surface area (TPSA) is 76.9 Å². The predicted molar refractivity (Wildman–Crippen MR) is 100 cm³/mol. The van der Waals surface area contributed by atoms with Gasteiger partial charge < -0.3 is 0 Å². The van der Waals surface area contributed by atoms with Crippen LogP contribution >= 0.6 is 22.7 Å². The van der Waals surface area contributed by atoms with Crippen LogP contribution in [0.4, 0.5) is 5.13 Å². The number of aryl methyl sites for hydroxylation is 1. The van der Waals surface area contributed by atoms with E-state index >= 15 is 0 Å². The fraction of sp³-hybridized carbons (Fsp3) is 0.0588. The van der Waals surface area contributed by atoms with Crippen molar-refractivity contribution in [2.24, 2.45) is 7.05 Å². The van der Waals surface area contributed by atoms with Crippen LogP contribution in [0.5, 0.6) is 0 Å². The highest BCUT2D eigenvalue weighted by atomic mass is 32.1. The molecule has 8 heteroatoms. The third kappa shape index (κ3) is 2.86. The van der Waals surface area contributed by atoms with E-state index in [1.165, 1.54) is 23.1 Å². The Hall–Kier alpha value is -2.84. The normalized spacial score (nSPS) is 10.9. The summed E-state index contributed by atoms with van der Waals surface area (Å²) < 4.78 is 1.18. The largest absolute Gasteiger partial charge is 0.296 e. The lowest BCUT2D eigenvalue weighted by Crippen LogP contribution is -2.25. The minimum Gasteiger partial charge on any atom is -0.296 e. The fourth-order valence-electron chi connectivity index (χ4n) is 2.49. The van der Waals surface area contributed by atoms with Gasteiger partial charge >= 0.3 is 0 Å². The van der Waals surface area contributed by atoms with Crippen molar-refractivity contribution in [1.29, 1.82) is 0 Å². The van der Waals surface area contributed by atoms with Gasteiger partial charge in [-0.2, -0.15) is 5.10 Å². The van der Waals surface area contributed by atoms with Crippen LogP contribution in [0.1, 0.15) is 10.5 Å². The Labute approximate surface area is 150 Å². The first kappa shape index (κ1) is 15.7. The first-order chi connectivity index (χ1) is 12.1. The van der Waals surface area contributed by atoms with Crippen molar-refractivity contribution in [2.75, 3.05) is 5.32 Å². The summed E-state index contributed by atoms with van der Waals surface area (Å²) in [4.78, 5) is 30.3. The maximum Gasteiger partial charge on any atom is 0.278 e. The highest BCUT2D eigenvalue weighted by Crippen LogP contribution is 2.28. The first-order valence-corrected chi connectivity index (χ1v) is 9.16. The number of hydrogen-bond donors (Lipinski definition) is 1. The third-order valence-electron chi connectivity index (χ3n) is 3.67. The number of hydrogen-bond acceptors (Lipinski definition) is 6. The molecule has 0 spiro atoms. The van der Waals surface area contributed by atoms with Crippen molar-refractivity contribution in [3.8, 4) is 10.6 Å². The number of carbonyl (C=O) groups is 1. The molecule has 1 N–H and O–H groups in total. The van der Waals surface area contributed by atoms with Crippen LogP contribution in [-0.2, 0) is 7.05 Å². The number of thiazole rings is 1. The highest BCUT2D eigenvalue weighted by Gasteiger charge is 2.17. The summed E-state index contributed by atoms with van der Waals surface area (Å²) >= 11 is 2.94. The second-order valence-corrected chi connectivity index (χ2v) is 7.10. The SMILES string of the molecule is Cn1nc(C(=O)Nc2nc(-c3cccs3)cs2)c2ccccc2c1=O. The molecule has 3 aromatic heterocycles. The zero-order chi connectivity index (χ0) is 17.4. The Kier molecular flexibility index (Phi) is 3.90. The average Bonchev–Trinajstić information content (AvgIpc) is 3.29. The molecule has 0 bridgehead atoms. The molecule has 4 aromatic rings. The third-order valence-corrected chi connectivity index (χ3v) is 5.32. The van der Waals surface area contributed by atoms with Gasteiger partial charge in [0.2, 0.25) is 0 Å². The van der Waals surface area contributed by atoms with Crippen molar-refractivity contribution in [3.05, 3.63) is 63.2 Å². The van der Waals surface area contributed by atoms with Crippen molar-refractivity contribution in [3.63, 3.8) is 0 Å². The minimum atomic E-state index is -0.390. The molecule has 6 nitrogen and oxygen atoms in total. The molecule has 3 heterocycles. The van der Waals surface area contributed by atoms with E-state index in [1.54, 1.807) is 35.6 Å². The van der Waals surface area contributed by atoms with E-state index in [1.807, 2.05) is 22.9 Å². The quantitative estimate of drug-likeness (QED) is 0.601. The van der Waals surface area contributed by atoms with Gasteiger partial charge in [0.25, 0.3) is 11.5 Å². The first-order valence-electron chi connectivity index (χ1n) is 7.40. The van der Waals surface area contributed by atoms with E-state index in [4.69, 9.17) is 0 Å². The molecule has 4 rings (SSSR count). The number of anilines is 1. The molecule has 0 unspecified atom stereocenters. The monoisotopic (exact) mass is 368 g/mol. The van der Waals surface area contributed by atoms with Gasteiger partial charge in [-0.15, -0.1) is 22.7 Å². The predicted octanol–water partition coefficient (Wildman–Crippen LogP) is 3.37. The van der Waals surface area contributed by atoms with Gasteiger partial charge in [-0.25, -0.2) is 9.67 Å². The van der Waals surface area contributed by atoms with E-state index in [-0.39, 0.29) is 17.2 Å². The Balaban J connectivity index is 1.69. The Bertz CT molecular complexity index is 1130. The standard InChI is InChI=1S/C17H12N4O2S2/c1-21-16(23)11-6-3-2-5-10(11)14(20-21)15(22)19-17-18-12(9-25-17)13-7-4-8-24-13/h2-9H,1H3,(H,18,19,22). The van der Waals surface area contributed by atoms with Crippen LogP contribution in [0.25, 0.3) is 21.3 Å². The Morgan fingerprint density at radius 1 is 1.12 bits per heavy atom. The lowest BCUT2D eigenvalue weighted by molar-refractivity contribution is 0.102. The summed E-state index contributed by atoms with van der Waals surface area (Å²) in [5.74, 6) is -0.390. The number of benzene rings is 1. The van der Waals surface area contributed by atoms with Crippen LogP contribution in [0.2, 0.25) is 0 Å². The maximum absolute atomic E-state index is 12.7. The number of nitrogens with zero attached hydrogens (tertiary/aromatic N) is 3. The number of amides is 1. The summed E-state index contributed by atoms with van der Waals surface area (Å²) in [5.41, 5.74) is 0.792. The van der Waals surface area contributed by atoms with Gasteiger partial charge in [-0.1, -0.05) is 24.3 Å². The van der Waals surface area contributed by atoms with Crippen molar-refractivity contribution < 1.29 is 4.79 Å². The number of nitrogens with one attached hydrogen (secondary N) is 1. The number of rotatable bonds is 3. The fourth-order valence-corrected chi connectivity index (χ4v) is 3.96. The summed E-state index contributed by atoms with van der Waals surface area (Å²) in [6.07, 6.45) is 0. The molecule has 0 fully saturated rings.